The summed E-state index contributed by atoms with van der Waals surface area (Å²) in [5, 5.41) is 16.3. The van der Waals surface area contributed by atoms with Crippen LogP contribution < -0.4 is 20.9 Å². The van der Waals surface area contributed by atoms with E-state index in [9.17, 15) is 9.59 Å². The normalized spacial score (nSPS) is 13.4. The van der Waals surface area contributed by atoms with E-state index in [4.69, 9.17) is 17.0 Å². The Morgan fingerprint density at radius 3 is 2.26 bits per heavy atom. The van der Waals surface area contributed by atoms with Crippen LogP contribution in [-0.4, -0.2) is 30.9 Å². The van der Waals surface area contributed by atoms with Crippen LogP contribution in [0.2, 0.25) is 5.02 Å². The van der Waals surface area contributed by atoms with Crippen molar-refractivity contribution in [2.24, 2.45) is 0 Å². The van der Waals surface area contributed by atoms with Gasteiger partial charge < -0.3 is 20.9 Å². The molecule has 0 unspecified atom stereocenters. The number of carbonyl (C=O) groups is 2. The molecule has 2 aromatic rings. The lowest BCUT2D eigenvalue weighted by Crippen LogP contribution is -2.35. The van der Waals surface area contributed by atoms with Crippen LogP contribution in [0.4, 0.5) is 21.9 Å². The van der Waals surface area contributed by atoms with Crippen LogP contribution in [0.25, 0.3) is 0 Å². The molecule has 0 aliphatic carbocycles. The SMILES string of the molecule is N=C1CCCN1c1ccc(NC(=O)CNC(=O)Nc2ccc(Cl)cc2)cc1. The number of benzene rings is 2. The summed E-state index contributed by atoms with van der Waals surface area (Å²) < 4.78 is 0. The molecule has 3 rings (SSSR count). The van der Waals surface area contributed by atoms with Gasteiger partial charge in [-0.2, -0.15) is 0 Å². The first kappa shape index (κ1) is 18.7. The average Bonchev–Trinajstić information content (AvgIpc) is 3.09. The number of nitrogens with one attached hydrogen (secondary N) is 4. The van der Waals surface area contributed by atoms with E-state index in [0.29, 0.717) is 22.2 Å². The lowest BCUT2D eigenvalue weighted by molar-refractivity contribution is -0.115. The summed E-state index contributed by atoms with van der Waals surface area (Å²) in [6, 6.07) is 13.5. The smallest absolute Gasteiger partial charge is 0.319 e. The largest absolute Gasteiger partial charge is 0.330 e. The molecular weight excluding hydrogens is 366 g/mol. The Balaban J connectivity index is 1.45. The summed E-state index contributed by atoms with van der Waals surface area (Å²) in [4.78, 5) is 25.8. The van der Waals surface area contributed by atoms with E-state index in [0.717, 1.165) is 25.1 Å². The first-order valence-electron chi connectivity index (χ1n) is 8.56. The second-order valence-corrected chi connectivity index (χ2v) is 6.55. The van der Waals surface area contributed by atoms with E-state index in [1.165, 1.54) is 0 Å². The van der Waals surface area contributed by atoms with Crippen molar-refractivity contribution < 1.29 is 9.59 Å². The van der Waals surface area contributed by atoms with Gasteiger partial charge in [-0.1, -0.05) is 11.6 Å². The number of anilines is 3. The van der Waals surface area contributed by atoms with Gasteiger partial charge in [-0.15, -0.1) is 0 Å². The minimum absolute atomic E-state index is 0.155. The summed E-state index contributed by atoms with van der Waals surface area (Å²) in [6.45, 7) is 0.690. The molecule has 0 atom stereocenters. The first-order valence-corrected chi connectivity index (χ1v) is 8.94. The highest BCUT2D eigenvalue weighted by Crippen LogP contribution is 2.23. The van der Waals surface area contributed by atoms with Crippen LogP contribution in [0.1, 0.15) is 12.8 Å². The van der Waals surface area contributed by atoms with Gasteiger partial charge in [0.1, 0.15) is 5.84 Å². The van der Waals surface area contributed by atoms with Crippen molar-refractivity contribution in [1.29, 1.82) is 5.41 Å². The fraction of sp³-hybridized carbons (Fsp3) is 0.211. The number of rotatable bonds is 5. The number of urea groups is 1. The zero-order chi connectivity index (χ0) is 19.2. The molecule has 0 bridgehead atoms. The molecule has 1 saturated heterocycles. The van der Waals surface area contributed by atoms with Crippen LogP contribution in [-0.2, 0) is 4.79 Å². The molecule has 2 aromatic carbocycles. The molecule has 1 heterocycles. The minimum Gasteiger partial charge on any atom is -0.330 e. The Kier molecular flexibility index (Phi) is 5.93. The first-order chi connectivity index (χ1) is 13.0. The molecule has 27 heavy (non-hydrogen) atoms. The second kappa shape index (κ2) is 8.55. The standard InChI is InChI=1S/C19H20ClN5O2/c20-13-3-5-15(6-4-13)24-19(27)22-12-18(26)23-14-7-9-16(10-8-14)25-11-1-2-17(25)21/h3-10,21H,1-2,11-12H2,(H,23,26)(H2,22,24,27). The molecule has 0 radical (unpaired) electrons. The molecule has 7 nitrogen and oxygen atoms in total. The Bertz CT molecular complexity index is 836. The zero-order valence-electron chi connectivity index (χ0n) is 14.6. The summed E-state index contributed by atoms with van der Waals surface area (Å²) in [5.74, 6) is 0.283. The quantitative estimate of drug-likeness (QED) is 0.632. The maximum Gasteiger partial charge on any atom is 0.319 e. The fourth-order valence-corrected chi connectivity index (χ4v) is 2.88. The number of hydrogen-bond acceptors (Lipinski definition) is 3. The van der Waals surface area contributed by atoms with E-state index in [1.807, 2.05) is 17.0 Å². The van der Waals surface area contributed by atoms with Gasteiger partial charge in [-0.3, -0.25) is 10.2 Å². The lowest BCUT2D eigenvalue weighted by Gasteiger charge is -2.18. The molecular formula is C19H20ClN5O2. The highest BCUT2D eigenvalue weighted by Gasteiger charge is 2.18. The molecule has 1 aliphatic heterocycles. The summed E-state index contributed by atoms with van der Waals surface area (Å²) >= 11 is 5.79. The van der Waals surface area contributed by atoms with Crippen LogP contribution in [0.15, 0.2) is 48.5 Å². The Morgan fingerprint density at radius 2 is 1.63 bits per heavy atom. The Labute approximate surface area is 162 Å². The molecule has 140 valence electrons. The molecule has 1 aliphatic rings. The van der Waals surface area contributed by atoms with Gasteiger partial charge in [0.2, 0.25) is 5.91 Å². The highest BCUT2D eigenvalue weighted by molar-refractivity contribution is 6.30. The van der Waals surface area contributed by atoms with E-state index in [1.54, 1.807) is 36.4 Å². The molecule has 8 heteroatoms. The third kappa shape index (κ3) is 5.21. The van der Waals surface area contributed by atoms with Gasteiger partial charge in [0.25, 0.3) is 0 Å². The lowest BCUT2D eigenvalue weighted by atomic mass is 10.2. The predicted octanol–water partition coefficient (Wildman–Crippen LogP) is 3.68. The average molecular weight is 386 g/mol. The van der Waals surface area contributed by atoms with E-state index in [-0.39, 0.29) is 12.5 Å². The van der Waals surface area contributed by atoms with Crippen molar-refractivity contribution in [3.8, 4) is 0 Å². The number of nitrogens with zero attached hydrogens (tertiary/aromatic N) is 1. The summed E-state index contributed by atoms with van der Waals surface area (Å²) in [6.07, 6.45) is 1.78. The van der Waals surface area contributed by atoms with Crippen LogP contribution in [0.5, 0.6) is 0 Å². The molecule has 0 saturated carbocycles. The predicted molar refractivity (Wildman–Crippen MR) is 108 cm³/mol. The fourth-order valence-electron chi connectivity index (χ4n) is 2.76. The summed E-state index contributed by atoms with van der Waals surface area (Å²) in [7, 11) is 0. The van der Waals surface area contributed by atoms with Crippen molar-refractivity contribution in [2.75, 3.05) is 28.6 Å². The van der Waals surface area contributed by atoms with E-state index < -0.39 is 6.03 Å². The van der Waals surface area contributed by atoms with Crippen molar-refractivity contribution in [2.45, 2.75) is 12.8 Å². The van der Waals surface area contributed by atoms with Crippen molar-refractivity contribution in [3.63, 3.8) is 0 Å². The minimum atomic E-state index is -0.477. The summed E-state index contributed by atoms with van der Waals surface area (Å²) in [5.41, 5.74) is 2.16. The molecule has 4 N–H and O–H groups in total. The van der Waals surface area contributed by atoms with Crippen molar-refractivity contribution in [3.05, 3.63) is 53.6 Å². The maximum absolute atomic E-state index is 12.0. The van der Waals surface area contributed by atoms with Crippen LogP contribution >= 0.6 is 11.6 Å². The number of halogens is 1. The van der Waals surface area contributed by atoms with Gasteiger partial charge in [-0.25, -0.2) is 4.79 Å². The van der Waals surface area contributed by atoms with Crippen molar-refractivity contribution >= 4 is 46.4 Å². The van der Waals surface area contributed by atoms with Gasteiger partial charge in [0.05, 0.1) is 6.54 Å². The monoisotopic (exact) mass is 385 g/mol. The van der Waals surface area contributed by atoms with Gasteiger partial charge in [0, 0.05) is 35.1 Å². The van der Waals surface area contributed by atoms with Gasteiger partial charge >= 0.3 is 6.03 Å². The van der Waals surface area contributed by atoms with Gasteiger partial charge in [0.15, 0.2) is 0 Å². The zero-order valence-corrected chi connectivity index (χ0v) is 15.3. The topological polar surface area (TPSA) is 97.3 Å². The third-order valence-corrected chi connectivity index (χ3v) is 4.35. The molecule has 0 spiro atoms. The van der Waals surface area contributed by atoms with Crippen LogP contribution in [0.3, 0.4) is 0 Å². The number of hydrogen-bond donors (Lipinski definition) is 4. The Hall–Kier alpha value is -3.06. The molecule has 3 amide bonds. The number of carbonyl (C=O) groups excluding carboxylic acids is 2. The van der Waals surface area contributed by atoms with Gasteiger partial charge in [-0.05, 0) is 55.0 Å². The number of amides is 3. The van der Waals surface area contributed by atoms with Crippen LogP contribution in [0, 0.1) is 5.41 Å². The highest BCUT2D eigenvalue weighted by atomic mass is 35.5. The van der Waals surface area contributed by atoms with Crippen molar-refractivity contribution in [1.82, 2.24) is 5.32 Å². The Morgan fingerprint density at radius 1 is 1.00 bits per heavy atom. The molecule has 0 aromatic heterocycles. The van der Waals surface area contributed by atoms with E-state index >= 15 is 0 Å². The second-order valence-electron chi connectivity index (χ2n) is 6.11. The van der Waals surface area contributed by atoms with E-state index in [2.05, 4.69) is 16.0 Å². The maximum atomic E-state index is 12.0. The third-order valence-electron chi connectivity index (χ3n) is 4.10. The number of amidine groups is 1. The molecule has 1 fully saturated rings.